The molecule has 0 heterocycles. The lowest BCUT2D eigenvalue weighted by Gasteiger charge is -2.16. The van der Waals surface area contributed by atoms with Crippen LogP contribution in [0.15, 0.2) is 12.3 Å². The highest BCUT2D eigenvalue weighted by Gasteiger charge is 2.08. The van der Waals surface area contributed by atoms with Crippen LogP contribution in [0.5, 0.6) is 0 Å². The van der Waals surface area contributed by atoms with Crippen LogP contribution in [0, 0.1) is 5.41 Å². The maximum atomic E-state index is 10.5. The number of nitrogens with zero attached hydrogens (tertiary/aromatic N) is 1. The van der Waals surface area contributed by atoms with Crippen LogP contribution in [0.4, 0.5) is 0 Å². The van der Waals surface area contributed by atoms with Gasteiger partial charge in [-0.05, 0) is 5.37 Å². The van der Waals surface area contributed by atoms with Gasteiger partial charge in [-0.3, -0.25) is 4.79 Å². The Hall–Kier alpha value is -0.900. The van der Waals surface area contributed by atoms with Crippen LogP contribution in [-0.2, 0) is 9.63 Å². The van der Waals surface area contributed by atoms with Gasteiger partial charge in [0.15, 0.2) is 0 Å². The summed E-state index contributed by atoms with van der Waals surface area (Å²) in [5, 5.41) is 3.01. The maximum Gasteiger partial charge on any atom is 0.329 e. The summed E-state index contributed by atoms with van der Waals surface area (Å²) in [5.74, 6) is -0.340. The molecule has 0 amide bonds. The zero-order valence-corrected chi connectivity index (χ0v) is 9.22. The SMILES string of the molecule is CC(=O)ON(C)/C=C\C(C)(C)C=S. The molecule has 0 N–H and O–H groups in total. The van der Waals surface area contributed by atoms with Crippen molar-refractivity contribution in [2.75, 3.05) is 7.05 Å². The number of hydrogen-bond acceptors (Lipinski definition) is 4. The fourth-order valence-corrected chi connectivity index (χ4v) is 0.648. The van der Waals surface area contributed by atoms with Crippen LogP contribution in [0.25, 0.3) is 0 Å². The van der Waals surface area contributed by atoms with E-state index in [2.05, 4.69) is 0 Å². The van der Waals surface area contributed by atoms with Gasteiger partial charge in [0.05, 0.1) is 0 Å². The lowest BCUT2D eigenvalue weighted by atomic mass is 9.97. The van der Waals surface area contributed by atoms with Gasteiger partial charge < -0.3 is 4.84 Å². The third-order valence-electron chi connectivity index (χ3n) is 1.29. The number of carbonyl (C=O) groups excluding carboxylic acids is 1. The zero-order chi connectivity index (χ0) is 10.5. The minimum Gasteiger partial charge on any atom is -0.342 e. The van der Waals surface area contributed by atoms with Gasteiger partial charge in [-0.2, -0.15) is 0 Å². The number of hydroxylamine groups is 2. The number of hydrogen-bond donors (Lipinski definition) is 0. The molecule has 0 rings (SSSR count). The molecule has 0 fully saturated rings. The Kier molecular flexibility index (Phi) is 4.62. The predicted molar refractivity (Wildman–Crippen MR) is 56.1 cm³/mol. The van der Waals surface area contributed by atoms with Gasteiger partial charge >= 0.3 is 5.97 Å². The molecule has 4 heteroatoms. The van der Waals surface area contributed by atoms with Crippen molar-refractivity contribution in [2.45, 2.75) is 20.8 Å². The van der Waals surface area contributed by atoms with Crippen molar-refractivity contribution in [1.29, 1.82) is 0 Å². The molecule has 3 nitrogen and oxygen atoms in total. The first-order valence-electron chi connectivity index (χ1n) is 3.94. The van der Waals surface area contributed by atoms with Gasteiger partial charge in [-0.25, -0.2) is 5.06 Å². The van der Waals surface area contributed by atoms with Crippen LogP contribution >= 0.6 is 12.2 Å². The van der Waals surface area contributed by atoms with Crippen LogP contribution in [-0.4, -0.2) is 23.4 Å². The Morgan fingerprint density at radius 3 is 2.46 bits per heavy atom. The van der Waals surface area contributed by atoms with Gasteiger partial charge in [0.1, 0.15) is 0 Å². The van der Waals surface area contributed by atoms with Gasteiger partial charge in [-0.1, -0.05) is 32.1 Å². The Morgan fingerprint density at radius 2 is 2.08 bits per heavy atom. The molecule has 0 atom stereocenters. The first-order chi connectivity index (χ1) is 5.87. The molecule has 0 aliphatic heterocycles. The third-order valence-corrected chi connectivity index (χ3v) is 1.90. The molecule has 0 saturated carbocycles. The fraction of sp³-hybridized carbons (Fsp3) is 0.556. The molecule has 0 radical (unpaired) electrons. The molecule has 0 saturated heterocycles. The van der Waals surface area contributed by atoms with Crippen molar-refractivity contribution in [3.05, 3.63) is 12.3 Å². The Balaban J connectivity index is 4.11. The van der Waals surface area contributed by atoms with E-state index < -0.39 is 0 Å². The fourth-order valence-electron chi connectivity index (χ4n) is 0.570. The minimum atomic E-state index is -0.340. The average molecular weight is 201 g/mol. The quantitative estimate of drug-likeness (QED) is 0.513. The summed E-state index contributed by atoms with van der Waals surface area (Å²) < 4.78 is 0. The first kappa shape index (κ1) is 12.1. The molecule has 0 aliphatic rings. The minimum absolute atomic E-state index is 0.163. The van der Waals surface area contributed by atoms with E-state index in [-0.39, 0.29) is 11.4 Å². The van der Waals surface area contributed by atoms with Crippen molar-refractivity contribution < 1.29 is 9.63 Å². The van der Waals surface area contributed by atoms with Crippen molar-refractivity contribution in [3.63, 3.8) is 0 Å². The van der Waals surface area contributed by atoms with Crippen LogP contribution in [0.1, 0.15) is 20.8 Å². The molecule has 0 aromatic rings. The van der Waals surface area contributed by atoms with E-state index in [0.29, 0.717) is 0 Å². The van der Waals surface area contributed by atoms with E-state index in [1.807, 2.05) is 19.9 Å². The Labute approximate surface area is 84.3 Å². The molecular weight excluding hydrogens is 186 g/mol. The van der Waals surface area contributed by atoms with E-state index in [1.54, 1.807) is 18.6 Å². The molecular formula is C9H15NO2S. The van der Waals surface area contributed by atoms with E-state index in [1.165, 1.54) is 12.0 Å². The first-order valence-corrected chi connectivity index (χ1v) is 4.41. The summed E-state index contributed by atoms with van der Waals surface area (Å²) >= 11 is 4.83. The normalized spacial score (nSPS) is 11.4. The second-order valence-electron chi connectivity index (χ2n) is 3.38. The van der Waals surface area contributed by atoms with Gasteiger partial charge in [0, 0.05) is 25.6 Å². The number of rotatable bonds is 4. The van der Waals surface area contributed by atoms with Crippen molar-refractivity contribution in [2.24, 2.45) is 5.41 Å². The number of carbonyl (C=O) groups is 1. The van der Waals surface area contributed by atoms with E-state index in [9.17, 15) is 4.79 Å². The highest BCUT2D eigenvalue weighted by Crippen LogP contribution is 2.13. The summed E-state index contributed by atoms with van der Waals surface area (Å²) in [7, 11) is 1.65. The molecule has 0 aromatic carbocycles. The van der Waals surface area contributed by atoms with E-state index in [0.717, 1.165) is 0 Å². The second-order valence-corrected chi connectivity index (χ2v) is 3.62. The second kappa shape index (κ2) is 4.97. The number of allylic oxidation sites excluding steroid dienone is 1. The largest absolute Gasteiger partial charge is 0.342 e. The standard InChI is InChI=1S/C9H15NO2S/c1-8(11)12-10(4)6-5-9(2,3)7-13/h5-7H,1-4H3/b6-5-. The average Bonchev–Trinajstić information content (AvgIpc) is 2.00. The summed E-state index contributed by atoms with van der Waals surface area (Å²) in [6.45, 7) is 5.30. The number of thiocarbonyl (C=S) groups is 1. The molecule has 0 spiro atoms. The maximum absolute atomic E-state index is 10.5. The molecule has 0 aliphatic carbocycles. The zero-order valence-electron chi connectivity index (χ0n) is 8.40. The van der Waals surface area contributed by atoms with Crippen molar-refractivity contribution >= 4 is 23.6 Å². The topological polar surface area (TPSA) is 29.5 Å². The molecule has 74 valence electrons. The molecule has 0 unspecified atom stereocenters. The smallest absolute Gasteiger partial charge is 0.329 e. The third kappa shape index (κ3) is 6.28. The van der Waals surface area contributed by atoms with Crippen molar-refractivity contribution in [1.82, 2.24) is 5.06 Å². The Morgan fingerprint density at radius 1 is 1.54 bits per heavy atom. The lowest BCUT2D eigenvalue weighted by Crippen LogP contribution is -2.17. The summed E-state index contributed by atoms with van der Waals surface area (Å²) in [6.07, 6.45) is 3.53. The summed E-state index contributed by atoms with van der Waals surface area (Å²) in [4.78, 5) is 15.3. The Bertz CT molecular complexity index is 224. The predicted octanol–water partition coefficient (Wildman–Crippen LogP) is 1.94. The van der Waals surface area contributed by atoms with Crippen LogP contribution in [0.2, 0.25) is 0 Å². The highest BCUT2D eigenvalue weighted by atomic mass is 32.1. The molecule has 0 aromatic heterocycles. The van der Waals surface area contributed by atoms with Crippen LogP contribution < -0.4 is 0 Å². The highest BCUT2D eigenvalue weighted by molar-refractivity contribution is 7.79. The lowest BCUT2D eigenvalue weighted by molar-refractivity contribution is -0.170. The summed E-state index contributed by atoms with van der Waals surface area (Å²) in [6, 6.07) is 0. The molecule has 13 heavy (non-hydrogen) atoms. The van der Waals surface area contributed by atoms with Gasteiger partial charge in [0.2, 0.25) is 0 Å². The van der Waals surface area contributed by atoms with E-state index in [4.69, 9.17) is 17.1 Å². The molecule has 0 bridgehead atoms. The van der Waals surface area contributed by atoms with Crippen molar-refractivity contribution in [3.8, 4) is 0 Å². The van der Waals surface area contributed by atoms with Crippen LogP contribution in [0.3, 0.4) is 0 Å². The monoisotopic (exact) mass is 201 g/mol. The van der Waals surface area contributed by atoms with Gasteiger partial charge in [-0.15, -0.1) is 0 Å². The summed E-state index contributed by atoms with van der Waals surface area (Å²) in [5.41, 5.74) is -0.163. The van der Waals surface area contributed by atoms with Gasteiger partial charge in [0.25, 0.3) is 0 Å². The van der Waals surface area contributed by atoms with E-state index >= 15 is 0 Å².